The molecule has 4 rings (SSSR count). The summed E-state index contributed by atoms with van der Waals surface area (Å²) in [5.41, 5.74) is 14.4. The molecule has 0 aliphatic heterocycles. The summed E-state index contributed by atoms with van der Waals surface area (Å²) in [6, 6.07) is 3.84. The number of nitrogens with two attached hydrogens (primary N) is 2. The van der Waals surface area contributed by atoms with Gasteiger partial charge in [0.2, 0.25) is 5.95 Å². The van der Waals surface area contributed by atoms with Crippen LogP contribution >= 0.6 is 0 Å². The van der Waals surface area contributed by atoms with Crippen LogP contribution in [0.2, 0.25) is 0 Å². The molecule has 0 amide bonds. The average molecular weight is 324 g/mol. The first kappa shape index (κ1) is 14.8. The van der Waals surface area contributed by atoms with Gasteiger partial charge in [-0.15, -0.1) is 5.10 Å². The van der Waals surface area contributed by atoms with Crippen molar-refractivity contribution in [2.75, 3.05) is 11.1 Å². The summed E-state index contributed by atoms with van der Waals surface area (Å²) in [6.45, 7) is 0. The van der Waals surface area contributed by atoms with Gasteiger partial charge in [-0.1, -0.05) is 0 Å². The zero-order valence-corrected chi connectivity index (χ0v) is 13.3. The second-order valence-corrected chi connectivity index (χ2v) is 6.23. The lowest BCUT2D eigenvalue weighted by molar-refractivity contribution is 0.391. The first-order valence-corrected chi connectivity index (χ1v) is 8.14. The molecule has 0 aromatic carbocycles. The number of nitrogens with zero attached hydrogens (tertiary/aromatic N) is 5. The van der Waals surface area contributed by atoms with Crippen LogP contribution in [0.15, 0.2) is 30.7 Å². The minimum atomic E-state index is 0.319. The molecule has 3 aromatic heterocycles. The number of rotatable bonds is 3. The highest BCUT2D eigenvalue weighted by Gasteiger charge is 2.23. The smallest absolute Gasteiger partial charge is 0.227 e. The minimum absolute atomic E-state index is 0.319. The molecular formula is C16H20N8. The van der Waals surface area contributed by atoms with Gasteiger partial charge in [-0.25, -0.2) is 19.5 Å². The predicted molar refractivity (Wildman–Crippen MR) is 91.9 cm³/mol. The van der Waals surface area contributed by atoms with E-state index in [-0.39, 0.29) is 0 Å². The summed E-state index contributed by atoms with van der Waals surface area (Å²) < 4.78 is 1.73. The van der Waals surface area contributed by atoms with E-state index >= 15 is 0 Å². The van der Waals surface area contributed by atoms with Gasteiger partial charge >= 0.3 is 0 Å². The molecular weight excluding hydrogens is 304 g/mol. The maximum absolute atomic E-state index is 6.00. The van der Waals surface area contributed by atoms with E-state index in [2.05, 4.69) is 20.4 Å². The van der Waals surface area contributed by atoms with Crippen molar-refractivity contribution < 1.29 is 0 Å². The number of aromatic nitrogens is 5. The third-order valence-corrected chi connectivity index (χ3v) is 4.47. The van der Waals surface area contributed by atoms with Gasteiger partial charge in [0.15, 0.2) is 5.65 Å². The average Bonchev–Trinajstić information content (AvgIpc) is 3.00. The molecule has 5 N–H and O–H groups in total. The number of hydrogen-bond donors (Lipinski definition) is 3. The van der Waals surface area contributed by atoms with Crippen molar-refractivity contribution >= 4 is 23.1 Å². The van der Waals surface area contributed by atoms with E-state index in [0.29, 0.717) is 23.7 Å². The molecule has 0 radical (unpaired) electrons. The van der Waals surface area contributed by atoms with Crippen molar-refractivity contribution in [1.82, 2.24) is 24.6 Å². The number of imidazole rings is 1. The van der Waals surface area contributed by atoms with Gasteiger partial charge < -0.3 is 16.8 Å². The summed E-state index contributed by atoms with van der Waals surface area (Å²) in [7, 11) is 0. The van der Waals surface area contributed by atoms with Crippen LogP contribution in [0.25, 0.3) is 5.65 Å². The normalized spacial score (nSPS) is 21.0. The molecule has 0 atom stereocenters. The summed E-state index contributed by atoms with van der Waals surface area (Å²) >= 11 is 0. The van der Waals surface area contributed by atoms with Crippen molar-refractivity contribution in [3.05, 3.63) is 36.4 Å². The van der Waals surface area contributed by atoms with E-state index in [1.165, 1.54) is 0 Å². The zero-order valence-electron chi connectivity index (χ0n) is 13.3. The molecule has 0 unspecified atom stereocenters. The number of fused-ring (bicyclic) bond motifs is 1. The Morgan fingerprint density at radius 1 is 1.12 bits per heavy atom. The fourth-order valence-corrected chi connectivity index (χ4v) is 3.20. The Balaban J connectivity index is 1.69. The monoisotopic (exact) mass is 324 g/mol. The van der Waals surface area contributed by atoms with Crippen LogP contribution in [0.4, 0.5) is 17.5 Å². The van der Waals surface area contributed by atoms with Gasteiger partial charge in [0, 0.05) is 30.4 Å². The van der Waals surface area contributed by atoms with Gasteiger partial charge in [0.25, 0.3) is 0 Å². The summed E-state index contributed by atoms with van der Waals surface area (Å²) in [5, 5.41) is 7.50. The molecule has 1 fully saturated rings. The molecule has 124 valence electrons. The van der Waals surface area contributed by atoms with Crippen molar-refractivity contribution in [3.63, 3.8) is 0 Å². The van der Waals surface area contributed by atoms with E-state index in [1.807, 2.05) is 6.20 Å². The highest BCUT2D eigenvalue weighted by molar-refractivity contribution is 5.73. The Bertz CT molecular complexity index is 836. The van der Waals surface area contributed by atoms with Gasteiger partial charge in [-0.2, -0.15) is 0 Å². The fourth-order valence-electron chi connectivity index (χ4n) is 3.20. The third kappa shape index (κ3) is 2.88. The fraction of sp³-hybridized carbons (Fsp3) is 0.375. The molecule has 0 saturated heterocycles. The number of hydrogen-bond acceptors (Lipinski definition) is 7. The molecule has 24 heavy (non-hydrogen) atoms. The van der Waals surface area contributed by atoms with Crippen LogP contribution in [0.5, 0.6) is 0 Å². The van der Waals surface area contributed by atoms with E-state index in [4.69, 9.17) is 16.5 Å². The topological polar surface area (TPSA) is 120 Å². The van der Waals surface area contributed by atoms with E-state index in [0.717, 1.165) is 42.7 Å². The van der Waals surface area contributed by atoms with Crippen LogP contribution in [0.3, 0.4) is 0 Å². The van der Waals surface area contributed by atoms with Crippen molar-refractivity contribution in [2.45, 2.75) is 37.6 Å². The Kier molecular flexibility index (Phi) is 3.73. The van der Waals surface area contributed by atoms with E-state index < -0.39 is 0 Å². The predicted octanol–water partition coefficient (Wildman–Crippen LogP) is 1.83. The molecule has 1 aliphatic rings. The first-order valence-electron chi connectivity index (χ1n) is 8.14. The van der Waals surface area contributed by atoms with Crippen molar-refractivity contribution in [3.8, 4) is 0 Å². The number of nitrogen functional groups attached to an aromatic ring is 1. The lowest BCUT2D eigenvalue weighted by Gasteiger charge is -2.24. The van der Waals surface area contributed by atoms with Gasteiger partial charge in [0.05, 0.1) is 17.6 Å². The first-order chi connectivity index (χ1) is 11.7. The van der Waals surface area contributed by atoms with E-state index in [1.54, 1.807) is 29.0 Å². The van der Waals surface area contributed by atoms with Crippen LogP contribution in [0.1, 0.15) is 37.3 Å². The second kappa shape index (κ2) is 6.04. The lowest BCUT2D eigenvalue weighted by atomic mass is 9.85. The van der Waals surface area contributed by atoms with E-state index in [9.17, 15) is 0 Å². The van der Waals surface area contributed by atoms with Crippen LogP contribution in [0, 0.1) is 0 Å². The SMILES string of the molecule is Nc1cc(Nc2ncccn2)c2nc(C3CCC(N)CC3)cn2n1. The molecule has 0 bridgehead atoms. The quantitative estimate of drug-likeness (QED) is 0.672. The number of anilines is 3. The van der Waals surface area contributed by atoms with Gasteiger partial charge in [-0.05, 0) is 31.7 Å². The maximum Gasteiger partial charge on any atom is 0.227 e. The molecule has 8 nitrogen and oxygen atoms in total. The lowest BCUT2D eigenvalue weighted by Crippen LogP contribution is -2.25. The van der Waals surface area contributed by atoms with Gasteiger partial charge in [-0.3, -0.25) is 0 Å². The standard InChI is InChI=1S/C16H20N8/c17-11-4-2-10(3-5-11)13-9-24-15(21-13)12(8-14(18)23-24)22-16-19-6-1-7-20-16/h1,6-11H,2-5,17H2,(H2,18,23)(H,19,20,22). The zero-order chi connectivity index (χ0) is 16.5. The molecule has 1 saturated carbocycles. The number of nitrogens with one attached hydrogen (secondary N) is 1. The molecule has 1 aliphatic carbocycles. The second-order valence-electron chi connectivity index (χ2n) is 6.23. The highest BCUT2D eigenvalue weighted by Crippen LogP contribution is 2.32. The van der Waals surface area contributed by atoms with Crippen molar-refractivity contribution in [1.29, 1.82) is 0 Å². The summed E-state index contributed by atoms with van der Waals surface area (Å²) in [6.07, 6.45) is 9.52. The Labute approximate surface area is 139 Å². The molecule has 3 heterocycles. The highest BCUT2D eigenvalue weighted by atomic mass is 15.3. The third-order valence-electron chi connectivity index (χ3n) is 4.47. The molecule has 3 aromatic rings. The van der Waals surface area contributed by atoms with Crippen LogP contribution < -0.4 is 16.8 Å². The van der Waals surface area contributed by atoms with Gasteiger partial charge in [0.1, 0.15) is 5.82 Å². The van der Waals surface area contributed by atoms with Crippen LogP contribution in [-0.2, 0) is 0 Å². The largest absolute Gasteiger partial charge is 0.382 e. The summed E-state index contributed by atoms with van der Waals surface area (Å²) in [5.74, 6) is 1.34. The minimum Gasteiger partial charge on any atom is -0.382 e. The van der Waals surface area contributed by atoms with Crippen molar-refractivity contribution in [2.24, 2.45) is 5.73 Å². The molecule has 0 spiro atoms. The Hall–Kier alpha value is -2.74. The molecule has 8 heteroatoms. The summed E-state index contributed by atoms with van der Waals surface area (Å²) in [4.78, 5) is 13.1. The Morgan fingerprint density at radius 2 is 1.88 bits per heavy atom. The maximum atomic E-state index is 6.00. The van der Waals surface area contributed by atoms with Crippen LogP contribution in [-0.4, -0.2) is 30.6 Å². The Morgan fingerprint density at radius 3 is 2.62 bits per heavy atom.